The van der Waals surface area contributed by atoms with Crippen molar-refractivity contribution in [1.82, 2.24) is 5.32 Å². The van der Waals surface area contributed by atoms with Crippen LogP contribution in [-0.4, -0.2) is 30.2 Å². The average Bonchev–Trinajstić information content (AvgIpc) is 2.37. The van der Waals surface area contributed by atoms with Crippen molar-refractivity contribution in [3.63, 3.8) is 0 Å². The van der Waals surface area contributed by atoms with Crippen molar-refractivity contribution in [1.29, 1.82) is 0 Å². The molecule has 1 rings (SSSR count). The molecule has 0 aromatic carbocycles. The first-order chi connectivity index (χ1) is 8.07. The molecule has 0 saturated heterocycles. The van der Waals surface area contributed by atoms with E-state index >= 15 is 0 Å². The SMILES string of the molecule is CCC(CO)NC(=O)C1(CN)CCC(C)CC1. The topological polar surface area (TPSA) is 75.3 Å². The maximum absolute atomic E-state index is 12.3. The van der Waals surface area contributed by atoms with E-state index in [1.807, 2.05) is 6.92 Å². The molecule has 4 N–H and O–H groups in total. The summed E-state index contributed by atoms with van der Waals surface area (Å²) in [4.78, 5) is 12.3. The van der Waals surface area contributed by atoms with Gasteiger partial charge in [-0.25, -0.2) is 0 Å². The fourth-order valence-corrected chi connectivity index (χ4v) is 2.45. The van der Waals surface area contributed by atoms with E-state index in [1.54, 1.807) is 0 Å². The van der Waals surface area contributed by atoms with Crippen LogP contribution in [0.15, 0.2) is 0 Å². The summed E-state index contributed by atoms with van der Waals surface area (Å²) in [6.07, 6.45) is 4.64. The van der Waals surface area contributed by atoms with Gasteiger partial charge in [-0.1, -0.05) is 13.8 Å². The fraction of sp³-hybridized carbons (Fsp3) is 0.923. The Hall–Kier alpha value is -0.610. The molecule has 100 valence electrons. The molecule has 0 radical (unpaired) electrons. The Morgan fingerprint density at radius 1 is 1.53 bits per heavy atom. The molecule has 0 bridgehead atoms. The van der Waals surface area contributed by atoms with Crippen LogP contribution in [0.2, 0.25) is 0 Å². The van der Waals surface area contributed by atoms with Crippen LogP contribution in [0.4, 0.5) is 0 Å². The van der Waals surface area contributed by atoms with Gasteiger partial charge in [0.15, 0.2) is 0 Å². The van der Waals surface area contributed by atoms with Gasteiger partial charge in [0.2, 0.25) is 5.91 Å². The van der Waals surface area contributed by atoms with E-state index in [0.717, 1.165) is 32.1 Å². The number of hydrogen-bond donors (Lipinski definition) is 3. The number of nitrogens with two attached hydrogens (primary N) is 1. The molecular formula is C13H26N2O2. The summed E-state index contributed by atoms with van der Waals surface area (Å²) in [7, 11) is 0. The molecular weight excluding hydrogens is 216 g/mol. The Morgan fingerprint density at radius 2 is 2.12 bits per heavy atom. The van der Waals surface area contributed by atoms with Gasteiger partial charge in [0.1, 0.15) is 0 Å². The summed E-state index contributed by atoms with van der Waals surface area (Å²) in [5.41, 5.74) is 5.43. The third kappa shape index (κ3) is 3.42. The van der Waals surface area contributed by atoms with Crippen molar-refractivity contribution < 1.29 is 9.90 Å². The lowest BCUT2D eigenvalue weighted by molar-refractivity contribution is -0.134. The first kappa shape index (κ1) is 14.5. The highest BCUT2D eigenvalue weighted by Crippen LogP contribution is 2.38. The lowest BCUT2D eigenvalue weighted by atomic mass is 9.70. The van der Waals surface area contributed by atoms with E-state index in [4.69, 9.17) is 10.8 Å². The number of carbonyl (C=O) groups excluding carboxylic acids is 1. The number of aliphatic hydroxyl groups is 1. The van der Waals surface area contributed by atoms with Crippen LogP contribution in [-0.2, 0) is 4.79 Å². The zero-order valence-corrected chi connectivity index (χ0v) is 11.0. The van der Waals surface area contributed by atoms with Crippen molar-refractivity contribution in [2.24, 2.45) is 17.1 Å². The second kappa shape index (κ2) is 6.36. The summed E-state index contributed by atoms with van der Waals surface area (Å²) in [6.45, 7) is 4.59. The summed E-state index contributed by atoms with van der Waals surface area (Å²) < 4.78 is 0. The van der Waals surface area contributed by atoms with Gasteiger partial charge < -0.3 is 16.2 Å². The fourth-order valence-electron chi connectivity index (χ4n) is 2.45. The van der Waals surface area contributed by atoms with Crippen molar-refractivity contribution >= 4 is 5.91 Å². The van der Waals surface area contributed by atoms with Crippen LogP contribution < -0.4 is 11.1 Å². The molecule has 1 atom stereocenters. The van der Waals surface area contributed by atoms with Crippen LogP contribution in [0, 0.1) is 11.3 Å². The first-order valence-corrected chi connectivity index (χ1v) is 6.70. The van der Waals surface area contributed by atoms with Gasteiger partial charge in [-0.2, -0.15) is 0 Å². The summed E-state index contributed by atoms with van der Waals surface area (Å²) in [6, 6.07) is -0.134. The van der Waals surface area contributed by atoms with Crippen LogP contribution >= 0.6 is 0 Å². The van der Waals surface area contributed by atoms with Crippen molar-refractivity contribution in [3.8, 4) is 0 Å². The minimum absolute atomic E-state index is 0.000700. The second-order valence-corrected chi connectivity index (χ2v) is 5.43. The Bertz CT molecular complexity index is 244. The number of aliphatic hydroxyl groups excluding tert-OH is 1. The molecule has 1 amide bonds. The molecule has 1 saturated carbocycles. The minimum Gasteiger partial charge on any atom is -0.394 e. The maximum atomic E-state index is 12.3. The Kier molecular flexibility index (Phi) is 5.40. The molecule has 1 aliphatic carbocycles. The van der Waals surface area contributed by atoms with Gasteiger partial charge in [0.05, 0.1) is 18.1 Å². The Morgan fingerprint density at radius 3 is 2.53 bits per heavy atom. The Labute approximate surface area is 104 Å². The molecule has 0 spiro atoms. The molecule has 17 heavy (non-hydrogen) atoms. The number of nitrogens with one attached hydrogen (secondary N) is 1. The monoisotopic (exact) mass is 242 g/mol. The smallest absolute Gasteiger partial charge is 0.227 e. The van der Waals surface area contributed by atoms with Crippen LogP contribution in [0.1, 0.15) is 46.0 Å². The van der Waals surface area contributed by atoms with Gasteiger partial charge in [-0.15, -0.1) is 0 Å². The molecule has 0 heterocycles. The molecule has 1 fully saturated rings. The van der Waals surface area contributed by atoms with Gasteiger partial charge in [0.25, 0.3) is 0 Å². The van der Waals surface area contributed by atoms with E-state index in [9.17, 15) is 4.79 Å². The lowest BCUT2D eigenvalue weighted by Gasteiger charge is -2.38. The van der Waals surface area contributed by atoms with E-state index < -0.39 is 5.41 Å². The van der Waals surface area contributed by atoms with Crippen molar-refractivity contribution in [2.45, 2.75) is 52.0 Å². The molecule has 4 heteroatoms. The predicted molar refractivity (Wildman–Crippen MR) is 68.4 cm³/mol. The molecule has 0 aliphatic heterocycles. The number of hydrogen-bond acceptors (Lipinski definition) is 3. The van der Waals surface area contributed by atoms with E-state index in [0.29, 0.717) is 12.5 Å². The van der Waals surface area contributed by atoms with E-state index in [1.165, 1.54) is 0 Å². The van der Waals surface area contributed by atoms with Gasteiger partial charge >= 0.3 is 0 Å². The minimum atomic E-state index is -0.394. The second-order valence-electron chi connectivity index (χ2n) is 5.43. The lowest BCUT2D eigenvalue weighted by Crippen LogP contribution is -2.51. The summed E-state index contributed by atoms with van der Waals surface area (Å²) in [5, 5.41) is 12.0. The van der Waals surface area contributed by atoms with Crippen LogP contribution in [0.5, 0.6) is 0 Å². The maximum Gasteiger partial charge on any atom is 0.227 e. The average molecular weight is 242 g/mol. The first-order valence-electron chi connectivity index (χ1n) is 6.70. The van der Waals surface area contributed by atoms with Crippen molar-refractivity contribution in [2.75, 3.05) is 13.2 Å². The highest BCUT2D eigenvalue weighted by molar-refractivity contribution is 5.83. The molecule has 0 aromatic heterocycles. The van der Waals surface area contributed by atoms with Crippen molar-refractivity contribution in [3.05, 3.63) is 0 Å². The van der Waals surface area contributed by atoms with Crippen LogP contribution in [0.3, 0.4) is 0 Å². The Balaban J connectivity index is 2.63. The number of carbonyl (C=O) groups is 1. The normalized spacial score (nSPS) is 30.9. The van der Waals surface area contributed by atoms with E-state index in [-0.39, 0.29) is 18.6 Å². The molecule has 0 aromatic rings. The standard InChI is InChI=1S/C13H26N2O2/c1-3-11(8-16)15-12(17)13(9-14)6-4-10(2)5-7-13/h10-11,16H,3-9,14H2,1-2H3,(H,15,17). The third-order valence-electron chi connectivity index (χ3n) is 4.15. The van der Waals surface area contributed by atoms with Gasteiger partial charge in [0, 0.05) is 6.54 Å². The predicted octanol–water partition coefficient (Wildman–Crippen LogP) is 1.03. The van der Waals surface area contributed by atoms with Crippen LogP contribution in [0.25, 0.3) is 0 Å². The zero-order valence-electron chi connectivity index (χ0n) is 11.0. The molecule has 4 nitrogen and oxygen atoms in total. The highest BCUT2D eigenvalue weighted by Gasteiger charge is 2.40. The number of rotatable bonds is 5. The quantitative estimate of drug-likeness (QED) is 0.674. The summed E-state index contributed by atoms with van der Waals surface area (Å²) in [5.74, 6) is 0.732. The molecule has 1 unspecified atom stereocenters. The largest absolute Gasteiger partial charge is 0.394 e. The zero-order chi connectivity index (χ0) is 12.9. The van der Waals surface area contributed by atoms with Gasteiger partial charge in [-0.3, -0.25) is 4.79 Å². The number of amides is 1. The van der Waals surface area contributed by atoms with E-state index in [2.05, 4.69) is 12.2 Å². The molecule has 1 aliphatic rings. The van der Waals surface area contributed by atoms with Gasteiger partial charge in [-0.05, 0) is 38.0 Å². The summed E-state index contributed by atoms with van der Waals surface area (Å²) >= 11 is 0. The third-order valence-corrected chi connectivity index (χ3v) is 4.15. The highest BCUT2D eigenvalue weighted by atomic mass is 16.3.